The highest BCUT2D eigenvalue weighted by Gasteiger charge is 2.14. The zero-order valence-electron chi connectivity index (χ0n) is 16.1. The molecule has 1 heterocycles. The topological polar surface area (TPSA) is 42.0 Å². The maximum absolute atomic E-state index is 13.0. The number of carbonyl (C=O) groups excluding carboxylic acids is 1. The smallest absolute Gasteiger partial charge is 0.252 e. The van der Waals surface area contributed by atoms with E-state index in [1.165, 1.54) is 5.56 Å². The van der Waals surface area contributed by atoms with Crippen LogP contribution in [0.25, 0.3) is 22.2 Å². The van der Waals surface area contributed by atoms with Crippen molar-refractivity contribution in [2.24, 2.45) is 0 Å². The predicted octanol–water partition coefficient (Wildman–Crippen LogP) is 5.45. The molecule has 28 heavy (non-hydrogen) atoms. The molecular weight excluding hydrogens is 344 g/mol. The molecule has 3 nitrogen and oxygen atoms in total. The van der Waals surface area contributed by atoms with Crippen molar-refractivity contribution in [2.45, 2.75) is 20.4 Å². The molecule has 0 aliphatic rings. The Labute approximate surface area is 165 Å². The van der Waals surface area contributed by atoms with Crippen LogP contribution in [-0.4, -0.2) is 10.9 Å². The van der Waals surface area contributed by atoms with Crippen molar-refractivity contribution in [3.63, 3.8) is 0 Å². The first-order valence-electron chi connectivity index (χ1n) is 9.41. The maximum Gasteiger partial charge on any atom is 0.252 e. The summed E-state index contributed by atoms with van der Waals surface area (Å²) in [5, 5.41) is 3.92. The van der Waals surface area contributed by atoms with E-state index in [-0.39, 0.29) is 5.91 Å². The van der Waals surface area contributed by atoms with E-state index in [1.807, 2.05) is 60.7 Å². The third kappa shape index (κ3) is 3.65. The second-order valence-corrected chi connectivity index (χ2v) is 7.06. The first-order chi connectivity index (χ1) is 13.6. The lowest BCUT2D eigenvalue weighted by Gasteiger charge is -2.12. The van der Waals surface area contributed by atoms with Gasteiger partial charge >= 0.3 is 0 Å². The molecule has 0 radical (unpaired) electrons. The number of aryl methyl sites for hydroxylation is 2. The average Bonchev–Trinajstić information content (AvgIpc) is 2.72. The fourth-order valence-electron chi connectivity index (χ4n) is 3.35. The molecule has 0 unspecified atom stereocenters. The molecule has 138 valence electrons. The molecule has 0 saturated heterocycles. The third-order valence-corrected chi connectivity index (χ3v) is 4.96. The first-order valence-corrected chi connectivity index (χ1v) is 9.41. The molecule has 0 aliphatic carbocycles. The molecule has 0 aliphatic heterocycles. The molecule has 1 aromatic heterocycles. The molecule has 1 amide bonds. The lowest BCUT2D eigenvalue weighted by atomic mass is 10.0. The quantitative estimate of drug-likeness (QED) is 0.522. The molecule has 0 saturated carbocycles. The van der Waals surface area contributed by atoms with Gasteiger partial charge in [0.25, 0.3) is 5.91 Å². The summed E-state index contributed by atoms with van der Waals surface area (Å²) in [7, 11) is 0. The second kappa shape index (κ2) is 7.65. The van der Waals surface area contributed by atoms with Crippen LogP contribution in [0.3, 0.4) is 0 Å². The summed E-state index contributed by atoms with van der Waals surface area (Å²) in [6.45, 7) is 4.61. The minimum Gasteiger partial charge on any atom is -0.348 e. The number of nitrogens with zero attached hydrogens (tertiary/aromatic N) is 1. The van der Waals surface area contributed by atoms with Crippen molar-refractivity contribution in [1.29, 1.82) is 0 Å². The van der Waals surface area contributed by atoms with Crippen LogP contribution in [0, 0.1) is 13.8 Å². The highest BCUT2D eigenvalue weighted by atomic mass is 16.1. The Kier molecular flexibility index (Phi) is 4.90. The van der Waals surface area contributed by atoms with Crippen molar-refractivity contribution in [3.8, 4) is 11.3 Å². The minimum absolute atomic E-state index is 0.0889. The number of hydrogen-bond donors (Lipinski definition) is 1. The third-order valence-electron chi connectivity index (χ3n) is 4.96. The Bertz CT molecular complexity index is 1150. The standard InChI is InChI=1S/C25H22N2O/c1-17-11-13-19(14-12-17)16-26-25(28)22-15-24(20-8-4-3-7-18(20)2)27-23-10-6-5-9-21(22)23/h3-15H,16H2,1-2H3,(H,26,28). The molecule has 4 rings (SSSR count). The lowest BCUT2D eigenvalue weighted by molar-refractivity contribution is 0.0952. The number of carbonyl (C=O) groups is 1. The summed E-state index contributed by atoms with van der Waals surface area (Å²) in [5.74, 6) is -0.0889. The van der Waals surface area contributed by atoms with Crippen molar-refractivity contribution in [1.82, 2.24) is 10.3 Å². The van der Waals surface area contributed by atoms with Crippen molar-refractivity contribution in [3.05, 3.63) is 101 Å². The molecule has 0 spiro atoms. The van der Waals surface area contributed by atoms with Crippen molar-refractivity contribution >= 4 is 16.8 Å². The summed E-state index contributed by atoms with van der Waals surface area (Å²) >= 11 is 0. The Morgan fingerprint density at radius 2 is 1.61 bits per heavy atom. The Balaban J connectivity index is 1.71. The largest absolute Gasteiger partial charge is 0.348 e. The second-order valence-electron chi connectivity index (χ2n) is 7.06. The number of rotatable bonds is 4. The molecule has 4 aromatic rings. The van der Waals surface area contributed by atoms with Gasteiger partial charge in [0, 0.05) is 17.5 Å². The van der Waals surface area contributed by atoms with E-state index < -0.39 is 0 Å². The zero-order valence-corrected chi connectivity index (χ0v) is 16.1. The van der Waals surface area contributed by atoms with Gasteiger partial charge in [0.15, 0.2) is 0 Å². The summed E-state index contributed by atoms with van der Waals surface area (Å²) in [6.07, 6.45) is 0. The summed E-state index contributed by atoms with van der Waals surface area (Å²) < 4.78 is 0. The van der Waals surface area contributed by atoms with Gasteiger partial charge in [-0.2, -0.15) is 0 Å². The van der Waals surface area contributed by atoms with E-state index in [0.29, 0.717) is 12.1 Å². The number of aromatic nitrogens is 1. The fraction of sp³-hybridized carbons (Fsp3) is 0.120. The average molecular weight is 366 g/mol. The summed E-state index contributed by atoms with van der Waals surface area (Å²) in [6, 6.07) is 26.0. The van der Waals surface area contributed by atoms with E-state index in [4.69, 9.17) is 4.98 Å². The van der Waals surface area contributed by atoms with Crippen LogP contribution in [0.15, 0.2) is 78.9 Å². The lowest BCUT2D eigenvalue weighted by Crippen LogP contribution is -2.23. The maximum atomic E-state index is 13.0. The van der Waals surface area contributed by atoms with Gasteiger partial charge < -0.3 is 5.32 Å². The van der Waals surface area contributed by atoms with Crippen LogP contribution >= 0.6 is 0 Å². The van der Waals surface area contributed by atoms with Gasteiger partial charge in [0.1, 0.15) is 0 Å². The van der Waals surface area contributed by atoms with E-state index in [1.54, 1.807) is 0 Å². The van der Waals surface area contributed by atoms with Gasteiger partial charge in [-0.05, 0) is 37.1 Å². The minimum atomic E-state index is -0.0889. The van der Waals surface area contributed by atoms with E-state index in [2.05, 4.69) is 37.4 Å². The molecule has 3 aromatic carbocycles. The highest BCUT2D eigenvalue weighted by Crippen LogP contribution is 2.27. The van der Waals surface area contributed by atoms with E-state index in [0.717, 1.165) is 33.3 Å². The number of amides is 1. The number of benzene rings is 3. The van der Waals surface area contributed by atoms with Crippen LogP contribution in [0.5, 0.6) is 0 Å². The number of fused-ring (bicyclic) bond motifs is 1. The van der Waals surface area contributed by atoms with Gasteiger partial charge in [-0.3, -0.25) is 4.79 Å². The molecule has 0 atom stereocenters. The van der Waals surface area contributed by atoms with E-state index in [9.17, 15) is 4.79 Å². The van der Waals surface area contributed by atoms with Gasteiger partial charge in [0.05, 0.1) is 16.8 Å². The SMILES string of the molecule is Cc1ccc(CNC(=O)c2cc(-c3ccccc3C)nc3ccccc23)cc1. The fourth-order valence-corrected chi connectivity index (χ4v) is 3.35. The summed E-state index contributed by atoms with van der Waals surface area (Å²) in [4.78, 5) is 17.8. The Morgan fingerprint density at radius 1 is 0.893 bits per heavy atom. The van der Waals surface area contributed by atoms with E-state index >= 15 is 0 Å². The number of nitrogens with one attached hydrogen (secondary N) is 1. The van der Waals surface area contributed by atoms with Crippen molar-refractivity contribution in [2.75, 3.05) is 0 Å². The molecule has 0 fully saturated rings. The first kappa shape index (κ1) is 17.9. The molecule has 1 N–H and O–H groups in total. The monoisotopic (exact) mass is 366 g/mol. The van der Waals surface area contributed by atoms with Gasteiger partial charge in [-0.25, -0.2) is 4.98 Å². The molecular formula is C25H22N2O. The molecule has 0 bridgehead atoms. The predicted molar refractivity (Wildman–Crippen MR) is 114 cm³/mol. The molecule has 3 heteroatoms. The summed E-state index contributed by atoms with van der Waals surface area (Å²) in [5.41, 5.74) is 6.75. The van der Waals surface area contributed by atoms with Gasteiger partial charge in [-0.1, -0.05) is 72.3 Å². The Morgan fingerprint density at radius 3 is 2.39 bits per heavy atom. The number of hydrogen-bond acceptors (Lipinski definition) is 2. The number of para-hydroxylation sites is 1. The van der Waals surface area contributed by atoms with Gasteiger partial charge in [-0.15, -0.1) is 0 Å². The Hall–Kier alpha value is -3.46. The van der Waals surface area contributed by atoms with Crippen LogP contribution in [0.2, 0.25) is 0 Å². The van der Waals surface area contributed by atoms with Gasteiger partial charge in [0.2, 0.25) is 0 Å². The zero-order chi connectivity index (χ0) is 19.5. The van der Waals surface area contributed by atoms with Crippen LogP contribution < -0.4 is 5.32 Å². The normalized spacial score (nSPS) is 10.8. The highest BCUT2D eigenvalue weighted by molar-refractivity contribution is 6.07. The van der Waals surface area contributed by atoms with Crippen LogP contribution in [-0.2, 0) is 6.54 Å². The van der Waals surface area contributed by atoms with Crippen molar-refractivity contribution < 1.29 is 4.79 Å². The number of pyridine rings is 1. The van der Waals surface area contributed by atoms with Crippen LogP contribution in [0.4, 0.5) is 0 Å². The van der Waals surface area contributed by atoms with Crippen LogP contribution in [0.1, 0.15) is 27.0 Å².